The maximum Gasteiger partial charge on any atom is 0.296 e. The van der Waals surface area contributed by atoms with Crippen LogP contribution < -0.4 is 4.90 Å². The van der Waals surface area contributed by atoms with Gasteiger partial charge in [0.2, 0.25) is 10.9 Å². The monoisotopic (exact) mass is 526 g/mol. The molecular weight excluding hydrogens is 512 g/mol. The number of hydrogen-bond acceptors (Lipinski definition) is 9. The molecule has 0 bridgehead atoms. The molecule has 0 radical (unpaired) electrons. The molecule has 0 saturated carbocycles. The van der Waals surface area contributed by atoms with Crippen molar-refractivity contribution in [3.05, 3.63) is 98.7 Å². The Hall–Kier alpha value is -3.05. The Labute approximate surface area is 211 Å². The van der Waals surface area contributed by atoms with E-state index in [0.717, 1.165) is 5.56 Å². The summed E-state index contributed by atoms with van der Waals surface area (Å²) in [6.07, 6.45) is 3.15. The number of anilines is 1. The molecule has 4 heterocycles. The van der Waals surface area contributed by atoms with Crippen molar-refractivity contribution < 1.29 is 14.7 Å². The minimum atomic E-state index is -0.848. The first-order valence-electron chi connectivity index (χ1n) is 9.99. The molecule has 1 atom stereocenters. The number of aliphatic hydroxyl groups is 1. The Kier molecular flexibility index (Phi) is 6.46. The first kappa shape index (κ1) is 22.7. The van der Waals surface area contributed by atoms with E-state index in [1.165, 1.54) is 39.3 Å². The minimum Gasteiger partial charge on any atom is -0.503 e. The molecule has 0 fully saturated rings. The van der Waals surface area contributed by atoms with E-state index in [4.69, 9.17) is 11.6 Å². The third-order valence-electron chi connectivity index (χ3n) is 5.13. The van der Waals surface area contributed by atoms with Gasteiger partial charge in [-0.3, -0.25) is 19.5 Å². The van der Waals surface area contributed by atoms with Gasteiger partial charge in [0, 0.05) is 23.2 Å². The first-order valence-corrected chi connectivity index (χ1v) is 13.0. The lowest BCUT2D eigenvalue weighted by molar-refractivity contribution is -0.117. The zero-order valence-electron chi connectivity index (χ0n) is 17.3. The molecule has 0 aliphatic carbocycles. The van der Waals surface area contributed by atoms with Gasteiger partial charge in [0.15, 0.2) is 10.1 Å². The summed E-state index contributed by atoms with van der Waals surface area (Å²) >= 11 is 10.1. The van der Waals surface area contributed by atoms with Crippen molar-refractivity contribution in [1.82, 2.24) is 15.2 Å². The molecule has 1 aliphatic rings. The van der Waals surface area contributed by atoms with Crippen molar-refractivity contribution in [3.63, 3.8) is 0 Å². The molecule has 1 amide bonds. The smallest absolute Gasteiger partial charge is 0.296 e. The molecular formula is C23H15ClN4O3S3. The van der Waals surface area contributed by atoms with Gasteiger partial charge in [0.25, 0.3) is 5.91 Å². The molecule has 4 aromatic rings. The average Bonchev–Trinajstić information content (AvgIpc) is 3.60. The Bertz CT molecular complexity index is 1390. The zero-order chi connectivity index (χ0) is 23.7. The van der Waals surface area contributed by atoms with Gasteiger partial charge in [0.1, 0.15) is 0 Å². The van der Waals surface area contributed by atoms with Crippen molar-refractivity contribution in [1.29, 1.82) is 0 Å². The number of rotatable bonds is 7. The number of thiophene rings is 1. The summed E-state index contributed by atoms with van der Waals surface area (Å²) < 4.78 is 0.633. The molecule has 1 aromatic carbocycles. The zero-order valence-corrected chi connectivity index (χ0v) is 20.5. The lowest BCUT2D eigenvalue weighted by Gasteiger charge is -2.23. The number of amides is 1. The maximum absolute atomic E-state index is 13.3. The highest BCUT2D eigenvalue weighted by Crippen LogP contribution is 2.44. The van der Waals surface area contributed by atoms with E-state index in [0.29, 0.717) is 25.6 Å². The quantitative estimate of drug-likeness (QED) is 0.187. The molecule has 170 valence electrons. The summed E-state index contributed by atoms with van der Waals surface area (Å²) in [6.45, 7) is 0. The molecule has 0 spiro atoms. The summed E-state index contributed by atoms with van der Waals surface area (Å²) in [6, 6.07) is 13.5. The van der Waals surface area contributed by atoms with Crippen LogP contribution in [0.2, 0.25) is 5.02 Å². The Morgan fingerprint density at radius 1 is 1.12 bits per heavy atom. The largest absolute Gasteiger partial charge is 0.503 e. The van der Waals surface area contributed by atoms with E-state index < -0.39 is 23.5 Å². The fourth-order valence-electron chi connectivity index (χ4n) is 3.55. The number of pyridine rings is 1. The van der Waals surface area contributed by atoms with Gasteiger partial charge in [-0.15, -0.1) is 21.5 Å². The number of Topliss-reactive ketones (excluding diaryl/α,β-unsaturated/α-hetero) is 1. The number of carbonyl (C=O) groups is 2. The standard InChI is InChI=1S/C23H15ClN4O3S3/c24-15-5-2-1-4-14(15)12-33-23-27-26-22(34-23)28-18(13-7-9-25-10-8-13)17(20(30)21(28)31)19(29)16-6-3-11-32-16/h1-11,18,30H,12H2. The van der Waals surface area contributed by atoms with Crippen LogP contribution in [0.3, 0.4) is 0 Å². The number of hydrogen-bond donors (Lipinski definition) is 1. The van der Waals surface area contributed by atoms with Crippen LogP contribution in [0.25, 0.3) is 0 Å². The van der Waals surface area contributed by atoms with Gasteiger partial charge in [-0.05, 0) is 40.8 Å². The van der Waals surface area contributed by atoms with Gasteiger partial charge in [-0.1, -0.05) is 59.0 Å². The number of thioether (sulfide) groups is 1. The van der Waals surface area contributed by atoms with Crippen LogP contribution in [-0.4, -0.2) is 32.0 Å². The fourth-order valence-corrected chi connectivity index (χ4v) is 6.38. The number of nitrogens with zero attached hydrogens (tertiary/aromatic N) is 4. The minimum absolute atomic E-state index is 0.0131. The van der Waals surface area contributed by atoms with Crippen LogP contribution in [0.5, 0.6) is 0 Å². The third kappa shape index (κ3) is 4.25. The highest BCUT2D eigenvalue weighted by molar-refractivity contribution is 8.00. The number of aromatic nitrogens is 3. The van der Waals surface area contributed by atoms with Gasteiger partial charge < -0.3 is 5.11 Å². The van der Waals surface area contributed by atoms with Crippen LogP contribution in [-0.2, 0) is 10.5 Å². The topological polar surface area (TPSA) is 96.3 Å². The summed E-state index contributed by atoms with van der Waals surface area (Å²) in [5.74, 6) is -1.09. The Balaban J connectivity index is 1.48. The first-order chi connectivity index (χ1) is 16.5. The summed E-state index contributed by atoms with van der Waals surface area (Å²) in [4.78, 5) is 32.2. The number of ketones is 1. The second-order valence-corrected chi connectivity index (χ2v) is 10.7. The SMILES string of the molecule is O=C(C1=C(O)C(=O)N(c2nnc(SCc3ccccc3Cl)s2)C1c1ccncc1)c1cccs1. The number of benzene rings is 1. The van der Waals surface area contributed by atoms with Gasteiger partial charge in [-0.25, -0.2) is 0 Å². The molecule has 5 rings (SSSR count). The third-order valence-corrected chi connectivity index (χ3v) is 8.47. The van der Waals surface area contributed by atoms with Crippen molar-refractivity contribution in [2.24, 2.45) is 0 Å². The number of carbonyl (C=O) groups excluding carboxylic acids is 2. The van der Waals surface area contributed by atoms with Crippen LogP contribution in [0, 0.1) is 0 Å². The molecule has 1 aliphatic heterocycles. The Morgan fingerprint density at radius 2 is 1.91 bits per heavy atom. The second-order valence-electron chi connectivity index (χ2n) is 7.16. The van der Waals surface area contributed by atoms with Crippen molar-refractivity contribution in [3.8, 4) is 0 Å². The van der Waals surface area contributed by atoms with Crippen molar-refractivity contribution in [2.45, 2.75) is 16.1 Å². The van der Waals surface area contributed by atoms with Crippen LogP contribution in [0.1, 0.15) is 26.8 Å². The van der Waals surface area contributed by atoms with E-state index in [1.54, 1.807) is 42.0 Å². The van der Waals surface area contributed by atoms with E-state index in [9.17, 15) is 14.7 Å². The normalized spacial score (nSPS) is 15.9. The predicted molar refractivity (Wildman–Crippen MR) is 134 cm³/mol. The van der Waals surface area contributed by atoms with E-state index >= 15 is 0 Å². The molecule has 7 nitrogen and oxygen atoms in total. The average molecular weight is 527 g/mol. The molecule has 11 heteroatoms. The van der Waals surface area contributed by atoms with Gasteiger partial charge >= 0.3 is 0 Å². The lowest BCUT2D eigenvalue weighted by atomic mass is 9.96. The predicted octanol–water partition coefficient (Wildman–Crippen LogP) is 5.72. The molecule has 1 unspecified atom stereocenters. The van der Waals surface area contributed by atoms with Crippen molar-refractivity contribution >= 4 is 62.9 Å². The number of aliphatic hydroxyl groups excluding tert-OH is 1. The molecule has 34 heavy (non-hydrogen) atoms. The summed E-state index contributed by atoms with van der Waals surface area (Å²) in [5.41, 5.74) is 1.60. The summed E-state index contributed by atoms with van der Waals surface area (Å²) in [5, 5.41) is 21.9. The Morgan fingerprint density at radius 3 is 2.65 bits per heavy atom. The second kappa shape index (κ2) is 9.67. The molecule has 3 aromatic heterocycles. The van der Waals surface area contributed by atoms with E-state index in [2.05, 4.69) is 15.2 Å². The molecule has 0 saturated heterocycles. The van der Waals surface area contributed by atoms with Crippen molar-refractivity contribution in [2.75, 3.05) is 4.90 Å². The van der Waals surface area contributed by atoms with Crippen LogP contribution in [0.15, 0.2) is 82.0 Å². The van der Waals surface area contributed by atoms with E-state index in [1.807, 2.05) is 24.3 Å². The van der Waals surface area contributed by atoms with Crippen LogP contribution in [0.4, 0.5) is 5.13 Å². The number of halogens is 1. The summed E-state index contributed by atoms with van der Waals surface area (Å²) in [7, 11) is 0. The van der Waals surface area contributed by atoms with Gasteiger partial charge in [0.05, 0.1) is 16.5 Å². The van der Waals surface area contributed by atoms with Crippen LogP contribution >= 0.6 is 46.0 Å². The fraction of sp³-hybridized carbons (Fsp3) is 0.0870. The maximum atomic E-state index is 13.3. The molecule has 1 N–H and O–H groups in total. The lowest BCUT2D eigenvalue weighted by Crippen LogP contribution is -2.31. The van der Waals surface area contributed by atoms with Gasteiger partial charge in [-0.2, -0.15) is 0 Å². The van der Waals surface area contributed by atoms with E-state index in [-0.39, 0.29) is 10.7 Å². The highest BCUT2D eigenvalue weighted by atomic mass is 35.5. The highest BCUT2D eigenvalue weighted by Gasteiger charge is 2.46.